The van der Waals surface area contributed by atoms with Crippen LogP contribution in [0.4, 0.5) is 5.69 Å². The zero-order valence-electron chi connectivity index (χ0n) is 12.4. The minimum Gasteiger partial charge on any atom is -0.323 e. The number of amides is 1. The van der Waals surface area contributed by atoms with Crippen molar-refractivity contribution >= 4 is 60.7 Å². The maximum Gasteiger partial charge on any atom is 0.242 e. The highest BCUT2D eigenvalue weighted by Gasteiger charge is 2.22. The van der Waals surface area contributed by atoms with E-state index in [9.17, 15) is 13.2 Å². The molecule has 128 valence electrons. The van der Waals surface area contributed by atoms with E-state index in [0.29, 0.717) is 5.69 Å². The molecule has 2 rings (SSSR count). The molecule has 0 saturated carbocycles. The lowest BCUT2D eigenvalue weighted by molar-refractivity contribution is -0.117. The Morgan fingerprint density at radius 2 is 1.75 bits per heavy atom. The van der Waals surface area contributed by atoms with Crippen LogP contribution in [-0.4, -0.2) is 20.4 Å². The van der Waals surface area contributed by atoms with Crippen LogP contribution in [0, 0.1) is 0 Å². The molecule has 1 amide bonds. The Bertz CT molecular complexity index is 858. The number of anilines is 1. The van der Waals surface area contributed by atoms with Crippen LogP contribution in [-0.2, 0) is 14.8 Å². The van der Waals surface area contributed by atoms with E-state index in [1.54, 1.807) is 30.3 Å². The molecule has 0 saturated heterocycles. The minimum absolute atomic E-state index is 0.0612. The molecular formula is C15H13BrCl2N2O3S. The second-order valence-electron chi connectivity index (χ2n) is 4.89. The van der Waals surface area contributed by atoms with Crippen molar-refractivity contribution in [3.05, 3.63) is 57.0 Å². The molecule has 5 nitrogen and oxygen atoms in total. The van der Waals surface area contributed by atoms with Gasteiger partial charge in [-0.1, -0.05) is 45.2 Å². The number of hydrogen-bond donors (Lipinski definition) is 2. The molecule has 0 radical (unpaired) electrons. The zero-order valence-corrected chi connectivity index (χ0v) is 16.3. The molecule has 0 bridgehead atoms. The monoisotopic (exact) mass is 450 g/mol. The third-order valence-corrected chi connectivity index (χ3v) is 5.96. The van der Waals surface area contributed by atoms with Gasteiger partial charge in [-0.3, -0.25) is 4.79 Å². The predicted octanol–water partition coefficient (Wildman–Crippen LogP) is 4.06. The van der Waals surface area contributed by atoms with Gasteiger partial charge in [-0.05, 0) is 43.3 Å². The molecule has 0 aromatic heterocycles. The zero-order chi connectivity index (χ0) is 17.9. The number of hydrogen-bond acceptors (Lipinski definition) is 3. The molecule has 9 heteroatoms. The molecule has 2 aromatic rings. The van der Waals surface area contributed by atoms with E-state index < -0.39 is 22.0 Å². The average Bonchev–Trinajstić information content (AvgIpc) is 2.51. The van der Waals surface area contributed by atoms with E-state index in [1.807, 2.05) is 0 Å². The van der Waals surface area contributed by atoms with Crippen molar-refractivity contribution in [1.82, 2.24) is 4.72 Å². The fourth-order valence-electron chi connectivity index (χ4n) is 1.81. The number of halogens is 3. The third-order valence-electron chi connectivity index (χ3n) is 3.06. The quantitative estimate of drug-likeness (QED) is 0.719. The summed E-state index contributed by atoms with van der Waals surface area (Å²) in [4.78, 5) is 12.3. The van der Waals surface area contributed by atoms with Crippen molar-refractivity contribution in [2.24, 2.45) is 0 Å². The third kappa shape index (κ3) is 4.70. The van der Waals surface area contributed by atoms with Crippen LogP contribution in [0.5, 0.6) is 0 Å². The molecule has 0 spiro atoms. The molecule has 0 aliphatic rings. The topological polar surface area (TPSA) is 75.3 Å². The lowest BCUT2D eigenvalue weighted by atomic mass is 10.3. The Hall–Kier alpha value is -1.12. The van der Waals surface area contributed by atoms with Crippen molar-refractivity contribution in [3.63, 3.8) is 0 Å². The van der Waals surface area contributed by atoms with Gasteiger partial charge in [0.05, 0.1) is 26.7 Å². The number of carbonyl (C=O) groups is 1. The predicted molar refractivity (Wildman–Crippen MR) is 99.0 cm³/mol. The Morgan fingerprint density at radius 1 is 1.12 bits per heavy atom. The van der Waals surface area contributed by atoms with E-state index in [-0.39, 0.29) is 14.9 Å². The molecule has 1 atom stereocenters. The fourth-order valence-corrected chi connectivity index (χ4v) is 3.62. The first-order chi connectivity index (χ1) is 11.2. The normalized spacial score (nSPS) is 12.7. The van der Waals surface area contributed by atoms with Crippen LogP contribution in [0.2, 0.25) is 10.0 Å². The van der Waals surface area contributed by atoms with Gasteiger partial charge in [-0.25, -0.2) is 8.42 Å². The Balaban J connectivity index is 2.11. The van der Waals surface area contributed by atoms with Crippen LogP contribution in [0.25, 0.3) is 0 Å². The molecule has 0 fully saturated rings. The molecule has 2 aromatic carbocycles. The number of rotatable bonds is 5. The first-order valence-corrected chi connectivity index (χ1v) is 9.76. The van der Waals surface area contributed by atoms with Crippen molar-refractivity contribution in [1.29, 1.82) is 0 Å². The summed E-state index contributed by atoms with van der Waals surface area (Å²) >= 11 is 15.1. The van der Waals surface area contributed by atoms with E-state index in [2.05, 4.69) is 26.0 Å². The summed E-state index contributed by atoms with van der Waals surface area (Å²) < 4.78 is 27.6. The summed E-state index contributed by atoms with van der Waals surface area (Å²) in [6.45, 7) is 1.43. The van der Waals surface area contributed by atoms with E-state index in [0.717, 1.165) is 4.47 Å². The molecular weight excluding hydrogens is 439 g/mol. The first-order valence-electron chi connectivity index (χ1n) is 6.73. The summed E-state index contributed by atoms with van der Waals surface area (Å²) in [7, 11) is -3.82. The smallest absolute Gasteiger partial charge is 0.242 e. The van der Waals surface area contributed by atoms with E-state index in [4.69, 9.17) is 23.2 Å². The Labute approximate surface area is 158 Å². The highest BCUT2D eigenvalue weighted by Crippen LogP contribution is 2.29. The summed E-state index contributed by atoms with van der Waals surface area (Å²) in [6.07, 6.45) is 0. The molecule has 0 aliphatic heterocycles. The first kappa shape index (κ1) is 19.2. The van der Waals surface area contributed by atoms with Gasteiger partial charge in [0.2, 0.25) is 15.9 Å². The van der Waals surface area contributed by atoms with Crippen LogP contribution < -0.4 is 10.0 Å². The summed E-state index contributed by atoms with van der Waals surface area (Å²) in [5.41, 5.74) is 0.309. The van der Waals surface area contributed by atoms with Crippen LogP contribution in [0.15, 0.2) is 51.8 Å². The van der Waals surface area contributed by atoms with Crippen LogP contribution in [0.1, 0.15) is 6.92 Å². The average molecular weight is 452 g/mol. The van der Waals surface area contributed by atoms with Crippen molar-refractivity contribution in [2.75, 3.05) is 5.32 Å². The standard InChI is InChI=1S/C15H13BrCl2N2O3S/c1-9(15(21)19-13-4-2-3-12(17)14(13)18)20-24(22,23)11-7-5-10(16)6-8-11/h2-9,20H,1H3,(H,19,21)/t9-/m1/s1. The van der Waals surface area contributed by atoms with Gasteiger partial charge in [0.1, 0.15) is 0 Å². The highest BCUT2D eigenvalue weighted by atomic mass is 79.9. The van der Waals surface area contributed by atoms with E-state index >= 15 is 0 Å². The summed E-state index contributed by atoms with van der Waals surface area (Å²) in [5, 5.41) is 3.02. The summed E-state index contributed by atoms with van der Waals surface area (Å²) in [5.74, 6) is -0.556. The summed E-state index contributed by atoms with van der Waals surface area (Å²) in [6, 6.07) is 9.85. The maximum absolute atomic E-state index is 12.3. The second kappa shape index (κ2) is 7.84. The van der Waals surface area contributed by atoms with Crippen LogP contribution >= 0.6 is 39.1 Å². The van der Waals surface area contributed by atoms with Gasteiger partial charge in [-0.15, -0.1) is 0 Å². The largest absolute Gasteiger partial charge is 0.323 e. The number of carbonyl (C=O) groups excluding carboxylic acids is 1. The van der Waals surface area contributed by atoms with Gasteiger partial charge >= 0.3 is 0 Å². The number of sulfonamides is 1. The van der Waals surface area contributed by atoms with Crippen molar-refractivity contribution < 1.29 is 13.2 Å². The molecule has 0 unspecified atom stereocenters. The minimum atomic E-state index is -3.82. The number of benzene rings is 2. The second-order valence-corrected chi connectivity index (χ2v) is 8.30. The van der Waals surface area contributed by atoms with E-state index in [1.165, 1.54) is 19.1 Å². The van der Waals surface area contributed by atoms with Gasteiger partial charge in [0, 0.05) is 4.47 Å². The SMILES string of the molecule is C[C@@H](NS(=O)(=O)c1ccc(Br)cc1)C(=O)Nc1cccc(Cl)c1Cl. The van der Waals surface area contributed by atoms with Crippen LogP contribution in [0.3, 0.4) is 0 Å². The van der Waals surface area contributed by atoms with Crippen molar-refractivity contribution in [2.45, 2.75) is 17.9 Å². The molecule has 24 heavy (non-hydrogen) atoms. The highest BCUT2D eigenvalue weighted by molar-refractivity contribution is 9.10. The van der Waals surface area contributed by atoms with Gasteiger partial charge < -0.3 is 5.32 Å². The number of nitrogens with one attached hydrogen (secondary N) is 2. The van der Waals surface area contributed by atoms with Gasteiger partial charge in [0.25, 0.3) is 0 Å². The van der Waals surface area contributed by atoms with Gasteiger partial charge in [0.15, 0.2) is 0 Å². The lowest BCUT2D eigenvalue weighted by Gasteiger charge is -2.15. The molecule has 0 aliphatic carbocycles. The molecule has 0 heterocycles. The Morgan fingerprint density at radius 3 is 2.38 bits per heavy atom. The van der Waals surface area contributed by atoms with Gasteiger partial charge in [-0.2, -0.15) is 4.72 Å². The lowest BCUT2D eigenvalue weighted by Crippen LogP contribution is -2.41. The fraction of sp³-hybridized carbons (Fsp3) is 0.133. The Kier molecular flexibility index (Phi) is 6.28. The van der Waals surface area contributed by atoms with Crippen molar-refractivity contribution in [3.8, 4) is 0 Å². The maximum atomic E-state index is 12.3. The molecule has 2 N–H and O–H groups in total.